The number of halogens is 1. The summed E-state index contributed by atoms with van der Waals surface area (Å²) in [5.74, 6) is 0.488. The number of benzene rings is 1. The summed E-state index contributed by atoms with van der Waals surface area (Å²) < 4.78 is 19.8. The van der Waals surface area contributed by atoms with Crippen molar-refractivity contribution in [3.8, 4) is 0 Å². The normalized spacial score (nSPS) is 11.0. The number of aromatic nitrogens is 3. The van der Waals surface area contributed by atoms with Crippen molar-refractivity contribution in [2.75, 3.05) is 5.32 Å². The third-order valence-corrected chi connectivity index (χ3v) is 3.55. The van der Waals surface area contributed by atoms with E-state index in [1.807, 2.05) is 0 Å². The molecule has 1 amide bonds. The fourth-order valence-corrected chi connectivity index (χ4v) is 2.41. The van der Waals surface area contributed by atoms with Gasteiger partial charge in [-0.1, -0.05) is 31.1 Å². The number of hydrogen-bond acceptors (Lipinski definition) is 4. The Labute approximate surface area is 144 Å². The van der Waals surface area contributed by atoms with Crippen LogP contribution in [0.2, 0.25) is 0 Å². The standard InChI is InChI=1S/C18H19FN4O2/c1-12(2)7-16-8-17(22-25-16)18(24)21-15-9-20-23(11-15)10-13-3-5-14(19)6-4-13/h3-6,8-9,11-12H,7,10H2,1-2H3,(H,21,24). The van der Waals surface area contributed by atoms with Gasteiger partial charge in [-0.2, -0.15) is 5.10 Å². The monoisotopic (exact) mass is 342 g/mol. The largest absolute Gasteiger partial charge is 0.361 e. The molecule has 3 rings (SSSR count). The quantitative estimate of drug-likeness (QED) is 0.744. The molecule has 0 aliphatic heterocycles. The third kappa shape index (κ3) is 4.53. The van der Waals surface area contributed by atoms with E-state index in [-0.39, 0.29) is 17.4 Å². The van der Waals surface area contributed by atoms with E-state index in [4.69, 9.17) is 4.52 Å². The van der Waals surface area contributed by atoms with Crippen molar-refractivity contribution in [1.82, 2.24) is 14.9 Å². The van der Waals surface area contributed by atoms with Crippen molar-refractivity contribution in [1.29, 1.82) is 0 Å². The van der Waals surface area contributed by atoms with Gasteiger partial charge in [0, 0.05) is 18.7 Å². The van der Waals surface area contributed by atoms with E-state index in [0.29, 0.717) is 23.9 Å². The molecule has 0 bridgehead atoms. The summed E-state index contributed by atoms with van der Waals surface area (Å²) in [4.78, 5) is 12.2. The lowest BCUT2D eigenvalue weighted by atomic mass is 10.1. The van der Waals surface area contributed by atoms with Crippen LogP contribution in [-0.2, 0) is 13.0 Å². The first kappa shape index (κ1) is 16.9. The van der Waals surface area contributed by atoms with E-state index in [9.17, 15) is 9.18 Å². The second-order valence-corrected chi connectivity index (χ2v) is 6.28. The molecule has 1 N–H and O–H groups in total. The molecule has 3 aromatic rings. The number of carbonyl (C=O) groups excluding carboxylic acids is 1. The van der Waals surface area contributed by atoms with Gasteiger partial charge in [-0.05, 0) is 23.6 Å². The highest BCUT2D eigenvalue weighted by Gasteiger charge is 2.14. The molecule has 0 radical (unpaired) electrons. The van der Waals surface area contributed by atoms with Crippen LogP contribution in [-0.4, -0.2) is 20.8 Å². The molecule has 130 valence electrons. The maximum absolute atomic E-state index is 12.9. The van der Waals surface area contributed by atoms with E-state index < -0.39 is 0 Å². The van der Waals surface area contributed by atoms with Gasteiger partial charge < -0.3 is 9.84 Å². The van der Waals surface area contributed by atoms with Crippen LogP contribution in [0.15, 0.2) is 47.2 Å². The zero-order valence-electron chi connectivity index (χ0n) is 14.1. The van der Waals surface area contributed by atoms with Crippen molar-refractivity contribution in [2.45, 2.75) is 26.8 Å². The van der Waals surface area contributed by atoms with Gasteiger partial charge in [-0.3, -0.25) is 9.48 Å². The second-order valence-electron chi connectivity index (χ2n) is 6.28. The topological polar surface area (TPSA) is 73.0 Å². The molecule has 2 heterocycles. The maximum atomic E-state index is 12.9. The molecule has 6 nitrogen and oxygen atoms in total. The Morgan fingerprint density at radius 2 is 2.08 bits per heavy atom. The van der Waals surface area contributed by atoms with Crippen LogP contribution in [0, 0.1) is 11.7 Å². The van der Waals surface area contributed by atoms with Crippen molar-refractivity contribution in [3.05, 3.63) is 65.6 Å². The van der Waals surface area contributed by atoms with Gasteiger partial charge in [0.25, 0.3) is 5.91 Å². The molecule has 0 aliphatic rings. The minimum absolute atomic E-state index is 0.238. The Hall–Kier alpha value is -2.96. The average molecular weight is 342 g/mol. The smallest absolute Gasteiger partial charge is 0.277 e. The fourth-order valence-electron chi connectivity index (χ4n) is 2.41. The summed E-state index contributed by atoms with van der Waals surface area (Å²) in [5.41, 5.74) is 1.71. The summed E-state index contributed by atoms with van der Waals surface area (Å²) in [6.45, 7) is 4.62. The molecule has 0 unspecified atom stereocenters. The third-order valence-electron chi connectivity index (χ3n) is 3.55. The molecule has 25 heavy (non-hydrogen) atoms. The Kier molecular flexibility index (Phi) is 4.92. The molecular formula is C18H19FN4O2. The van der Waals surface area contributed by atoms with Gasteiger partial charge in [-0.25, -0.2) is 4.39 Å². The van der Waals surface area contributed by atoms with Crippen LogP contribution in [0.3, 0.4) is 0 Å². The van der Waals surface area contributed by atoms with E-state index in [1.54, 1.807) is 35.3 Å². The second kappa shape index (κ2) is 7.29. The summed E-state index contributed by atoms with van der Waals surface area (Å²) in [5, 5.41) is 10.7. The lowest BCUT2D eigenvalue weighted by Crippen LogP contribution is -2.11. The molecule has 1 aromatic carbocycles. The van der Waals surface area contributed by atoms with Crippen LogP contribution in [0.4, 0.5) is 10.1 Å². The molecule has 7 heteroatoms. The van der Waals surface area contributed by atoms with Gasteiger partial charge >= 0.3 is 0 Å². The van der Waals surface area contributed by atoms with Crippen LogP contribution in [0.1, 0.15) is 35.7 Å². The number of hydrogen-bond donors (Lipinski definition) is 1. The van der Waals surface area contributed by atoms with E-state index in [1.165, 1.54) is 12.1 Å². The Morgan fingerprint density at radius 1 is 1.32 bits per heavy atom. The van der Waals surface area contributed by atoms with Crippen LogP contribution >= 0.6 is 0 Å². The van der Waals surface area contributed by atoms with Crippen LogP contribution < -0.4 is 5.32 Å². The maximum Gasteiger partial charge on any atom is 0.277 e. The van der Waals surface area contributed by atoms with Gasteiger partial charge in [0.15, 0.2) is 5.69 Å². The van der Waals surface area contributed by atoms with Crippen molar-refractivity contribution < 1.29 is 13.7 Å². The predicted octanol–water partition coefficient (Wildman–Crippen LogP) is 3.51. The molecule has 0 atom stereocenters. The molecule has 0 aliphatic carbocycles. The Morgan fingerprint density at radius 3 is 2.80 bits per heavy atom. The highest BCUT2D eigenvalue weighted by atomic mass is 19.1. The summed E-state index contributed by atoms with van der Waals surface area (Å²) >= 11 is 0. The number of nitrogens with one attached hydrogen (secondary N) is 1. The van der Waals surface area contributed by atoms with Gasteiger partial charge in [0.1, 0.15) is 11.6 Å². The van der Waals surface area contributed by atoms with Gasteiger partial charge in [0.2, 0.25) is 0 Å². The molecular weight excluding hydrogens is 323 g/mol. The molecule has 0 saturated carbocycles. The minimum Gasteiger partial charge on any atom is -0.361 e. The summed E-state index contributed by atoms with van der Waals surface area (Å²) in [6, 6.07) is 7.85. The summed E-state index contributed by atoms with van der Waals surface area (Å²) in [7, 11) is 0. The van der Waals surface area contributed by atoms with Crippen LogP contribution in [0.25, 0.3) is 0 Å². The first-order valence-electron chi connectivity index (χ1n) is 8.03. The lowest BCUT2D eigenvalue weighted by molar-refractivity contribution is 0.101. The highest BCUT2D eigenvalue weighted by Crippen LogP contribution is 2.13. The Bertz CT molecular complexity index is 852. The number of amides is 1. The predicted molar refractivity (Wildman–Crippen MR) is 90.7 cm³/mol. The van der Waals surface area contributed by atoms with Gasteiger partial charge in [-0.15, -0.1) is 0 Å². The number of rotatable bonds is 6. The SMILES string of the molecule is CC(C)Cc1cc(C(=O)Nc2cnn(Cc3ccc(F)cc3)c2)no1. The molecule has 0 saturated heterocycles. The first-order chi connectivity index (χ1) is 12.0. The van der Waals surface area contributed by atoms with E-state index in [2.05, 4.69) is 29.4 Å². The zero-order chi connectivity index (χ0) is 17.8. The van der Waals surface area contributed by atoms with Crippen molar-refractivity contribution in [2.24, 2.45) is 5.92 Å². The average Bonchev–Trinajstić information content (AvgIpc) is 3.19. The van der Waals surface area contributed by atoms with Crippen molar-refractivity contribution >= 4 is 11.6 Å². The lowest BCUT2D eigenvalue weighted by Gasteiger charge is -2.01. The Balaban J connectivity index is 1.61. The fraction of sp³-hybridized carbons (Fsp3) is 0.278. The van der Waals surface area contributed by atoms with Crippen LogP contribution in [0.5, 0.6) is 0 Å². The van der Waals surface area contributed by atoms with E-state index in [0.717, 1.165) is 12.0 Å². The minimum atomic E-state index is -0.347. The number of nitrogens with zero attached hydrogens (tertiary/aromatic N) is 3. The van der Waals surface area contributed by atoms with Gasteiger partial charge in [0.05, 0.1) is 18.4 Å². The highest BCUT2D eigenvalue weighted by molar-refractivity contribution is 6.02. The van der Waals surface area contributed by atoms with Crippen molar-refractivity contribution in [3.63, 3.8) is 0 Å². The number of carbonyl (C=O) groups is 1. The summed E-state index contributed by atoms with van der Waals surface area (Å²) in [6.07, 6.45) is 3.99. The number of anilines is 1. The zero-order valence-corrected chi connectivity index (χ0v) is 14.1. The van der Waals surface area contributed by atoms with E-state index >= 15 is 0 Å². The first-order valence-corrected chi connectivity index (χ1v) is 8.03. The molecule has 0 fully saturated rings. The molecule has 0 spiro atoms. The molecule has 2 aromatic heterocycles.